The molecule has 0 atom stereocenters. The second kappa shape index (κ2) is 8.16. The molecule has 1 N–H and O–H groups in total. The second-order valence-corrected chi connectivity index (χ2v) is 8.36. The summed E-state index contributed by atoms with van der Waals surface area (Å²) >= 11 is 1.12. The summed E-state index contributed by atoms with van der Waals surface area (Å²) in [6.07, 6.45) is 0.648. The van der Waals surface area contributed by atoms with Crippen molar-refractivity contribution in [1.82, 2.24) is 0 Å². The number of anilines is 1. The van der Waals surface area contributed by atoms with Gasteiger partial charge in [0.2, 0.25) is 0 Å². The molecule has 0 fully saturated rings. The maximum atomic E-state index is 12.4. The van der Waals surface area contributed by atoms with E-state index < -0.39 is 15.9 Å². The zero-order chi connectivity index (χ0) is 18.4. The fraction of sp³-hybridized carbons (Fsp3) is 0.105. The lowest BCUT2D eigenvalue weighted by Gasteiger charge is -2.16. The zero-order valence-corrected chi connectivity index (χ0v) is 15.5. The number of aliphatic imine (C=N–C) groups is 1. The summed E-state index contributed by atoms with van der Waals surface area (Å²) in [5, 5.41) is 14.1. The predicted octanol–water partition coefficient (Wildman–Crippen LogP) is 2.90. The lowest BCUT2D eigenvalue weighted by molar-refractivity contribution is -0.213. The molecule has 3 aromatic rings. The van der Waals surface area contributed by atoms with Crippen molar-refractivity contribution in [3.63, 3.8) is 0 Å². The predicted molar refractivity (Wildman–Crippen MR) is 103 cm³/mol. The van der Waals surface area contributed by atoms with Gasteiger partial charge in [-0.05, 0) is 35.4 Å². The summed E-state index contributed by atoms with van der Waals surface area (Å²) in [5.41, 5.74) is 1.56. The molecule has 0 saturated carbocycles. The summed E-state index contributed by atoms with van der Waals surface area (Å²) < 4.78 is 27.5. The minimum atomic E-state index is -3.71. The van der Waals surface area contributed by atoms with Crippen LogP contribution in [0.25, 0.3) is 0 Å². The summed E-state index contributed by atoms with van der Waals surface area (Å²) in [7, 11) is -3.71. The molecule has 26 heavy (non-hydrogen) atoms. The normalized spacial score (nSPS) is 12.1. The van der Waals surface area contributed by atoms with Crippen molar-refractivity contribution in [2.24, 2.45) is 4.99 Å². The third-order valence-corrected chi connectivity index (χ3v) is 6.42. The van der Waals surface area contributed by atoms with E-state index in [0.29, 0.717) is 13.0 Å². The molecule has 1 heterocycles. The highest BCUT2D eigenvalue weighted by molar-refractivity contribution is 7.94. The molecule has 2 aromatic carbocycles. The summed E-state index contributed by atoms with van der Waals surface area (Å²) in [5.74, 6) is -0.439. The van der Waals surface area contributed by atoms with E-state index in [-0.39, 0.29) is 15.5 Å². The summed E-state index contributed by atoms with van der Waals surface area (Å²) in [4.78, 5) is 4.07. The lowest BCUT2D eigenvalue weighted by atomic mass is 10.1. The fourth-order valence-corrected chi connectivity index (χ4v) is 4.46. The Hall–Kier alpha value is -2.64. The van der Waals surface area contributed by atoms with Crippen LogP contribution in [0.5, 0.6) is 0 Å². The molecule has 0 aliphatic rings. The van der Waals surface area contributed by atoms with Crippen molar-refractivity contribution in [2.45, 2.75) is 10.6 Å². The molecule has 7 heteroatoms. The maximum Gasteiger partial charge on any atom is 0.271 e. The topological polar surface area (TPSA) is 81.6 Å². The molecule has 0 aliphatic carbocycles. The van der Waals surface area contributed by atoms with E-state index in [0.717, 1.165) is 16.9 Å². The number of hydrogen-bond acceptors (Lipinski definition) is 5. The van der Waals surface area contributed by atoms with Crippen molar-refractivity contribution in [3.8, 4) is 0 Å². The van der Waals surface area contributed by atoms with Gasteiger partial charge in [0, 0.05) is 12.1 Å². The Morgan fingerprint density at radius 1 is 1.00 bits per heavy atom. The van der Waals surface area contributed by atoms with Gasteiger partial charge in [0.05, 0.1) is 5.69 Å². The largest absolute Gasteiger partial charge is 0.858 e. The monoisotopic (exact) mass is 385 g/mol. The van der Waals surface area contributed by atoms with Crippen LogP contribution in [0.1, 0.15) is 11.1 Å². The van der Waals surface area contributed by atoms with Gasteiger partial charge in [0.25, 0.3) is 10.0 Å². The van der Waals surface area contributed by atoms with Gasteiger partial charge < -0.3 is 10.1 Å². The zero-order valence-electron chi connectivity index (χ0n) is 13.8. The molecular weight excluding hydrogens is 368 g/mol. The molecule has 0 bridgehead atoms. The van der Waals surface area contributed by atoms with Crippen molar-refractivity contribution in [3.05, 3.63) is 83.2 Å². The fourth-order valence-electron chi connectivity index (χ4n) is 2.39. The molecule has 0 aliphatic heterocycles. The van der Waals surface area contributed by atoms with Crippen LogP contribution in [0.3, 0.4) is 0 Å². The van der Waals surface area contributed by atoms with Gasteiger partial charge in [-0.3, -0.25) is 4.72 Å². The van der Waals surface area contributed by atoms with Crippen LogP contribution in [0.4, 0.5) is 5.69 Å². The number of hydrogen-bond donors (Lipinski definition) is 1. The first-order chi connectivity index (χ1) is 12.6. The molecule has 0 radical (unpaired) electrons. The van der Waals surface area contributed by atoms with Crippen LogP contribution in [0, 0.1) is 0 Å². The van der Waals surface area contributed by atoms with Crippen LogP contribution in [0.2, 0.25) is 0 Å². The van der Waals surface area contributed by atoms with E-state index in [1.165, 1.54) is 6.07 Å². The molecule has 0 spiro atoms. The van der Waals surface area contributed by atoms with Gasteiger partial charge in [0.1, 0.15) is 4.21 Å². The minimum Gasteiger partial charge on any atom is -0.858 e. The minimum absolute atomic E-state index is 0.195. The summed E-state index contributed by atoms with van der Waals surface area (Å²) in [6, 6.07) is 19.4. The van der Waals surface area contributed by atoms with Crippen LogP contribution in [0.15, 0.2) is 81.3 Å². The van der Waals surface area contributed by atoms with Crippen LogP contribution >= 0.6 is 11.3 Å². The van der Waals surface area contributed by atoms with Gasteiger partial charge in [0.15, 0.2) is 0 Å². The Morgan fingerprint density at radius 2 is 1.73 bits per heavy atom. The van der Waals surface area contributed by atoms with Gasteiger partial charge in [-0.15, -0.1) is 11.3 Å². The summed E-state index contributed by atoms with van der Waals surface area (Å²) in [6.45, 7) is 0.342. The van der Waals surface area contributed by atoms with Gasteiger partial charge in [-0.2, -0.15) is 0 Å². The average Bonchev–Trinajstić information content (AvgIpc) is 3.18. The van der Waals surface area contributed by atoms with Crippen molar-refractivity contribution in [1.29, 1.82) is 0 Å². The molecule has 134 valence electrons. The van der Waals surface area contributed by atoms with Crippen molar-refractivity contribution < 1.29 is 13.5 Å². The lowest BCUT2D eigenvalue weighted by Crippen LogP contribution is -2.23. The van der Waals surface area contributed by atoms with Crippen LogP contribution in [-0.4, -0.2) is 20.9 Å². The molecule has 0 unspecified atom stereocenters. The third kappa shape index (κ3) is 4.50. The Labute approximate surface area is 156 Å². The van der Waals surface area contributed by atoms with Crippen LogP contribution < -0.4 is 9.83 Å². The van der Waals surface area contributed by atoms with Gasteiger partial charge in [-0.1, -0.05) is 54.6 Å². The number of para-hydroxylation sites is 1. The maximum absolute atomic E-state index is 12.4. The number of thiophene rings is 1. The number of rotatable bonds is 7. The quantitative estimate of drug-likeness (QED) is 0.501. The van der Waals surface area contributed by atoms with Crippen molar-refractivity contribution >= 4 is 32.9 Å². The Kier molecular flexibility index (Phi) is 5.70. The first-order valence-electron chi connectivity index (χ1n) is 7.97. The SMILES string of the molecule is O=S(=O)(Nc1ccccc1C([O-])=NCCc1ccccc1)c1cccs1. The van der Waals surface area contributed by atoms with E-state index in [9.17, 15) is 13.5 Å². The Morgan fingerprint density at radius 3 is 2.46 bits per heavy atom. The van der Waals surface area contributed by atoms with Gasteiger partial charge >= 0.3 is 0 Å². The van der Waals surface area contributed by atoms with E-state index in [4.69, 9.17) is 0 Å². The number of nitrogens with zero attached hydrogens (tertiary/aromatic N) is 1. The molecule has 5 nitrogen and oxygen atoms in total. The first kappa shape index (κ1) is 18.2. The standard InChI is InChI=1S/C19H18N2O3S2/c22-19(20-13-12-15-7-2-1-3-8-15)16-9-4-5-10-17(16)21-26(23,24)18-11-6-14-25-18/h1-11,14,21H,12-13H2,(H,20,22)/p-1. The van der Waals surface area contributed by atoms with Crippen molar-refractivity contribution in [2.75, 3.05) is 11.3 Å². The molecule has 3 rings (SSSR count). The van der Waals surface area contributed by atoms with E-state index in [1.807, 2.05) is 30.3 Å². The molecular formula is C19H17N2O3S2-. The highest BCUT2D eigenvalue weighted by Gasteiger charge is 2.16. The average molecular weight is 385 g/mol. The highest BCUT2D eigenvalue weighted by atomic mass is 32.2. The smallest absolute Gasteiger partial charge is 0.271 e. The second-order valence-electron chi connectivity index (χ2n) is 5.51. The molecule has 0 amide bonds. The number of benzene rings is 2. The number of nitrogens with one attached hydrogen (secondary N) is 1. The Bertz CT molecular complexity index is 983. The Balaban J connectivity index is 1.77. The van der Waals surface area contributed by atoms with Gasteiger partial charge in [-0.25, -0.2) is 8.42 Å². The van der Waals surface area contributed by atoms with E-state index in [2.05, 4.69) is 9.71 Å². The third-order valence-electron chi connectivity index (χ3n) is 3.66. The first-order valence-corrected chi connectivity index (χ1v) is 10.3. The highest BCUT2D eigenvalue weighted by Crippen LogP contribution is 2.22. The van der Waals surface area contributed by atoms with E-state index >= 15 is 0 Å². The van der Waals surface area contributed by atoms with E-state index in [1.54, 1.807) is 35.7 Å². The number of sulfonamides is 1. The molecule has 0 saturated heterocycles. The molecule has 1 aromatic heterocycles. The van der Waals surface area contributed by atoms with Crippen LogP contribution in [-0.2, 0) is 16.4 Å².